The number of piperidine rings is 1. The van der Waals surface area contributed by atoms with Crippen molar-refractivity contribution in [2.24, 2.45) is 11.7 Å². The smallest absolute Gasteiger partial charge is 0.255 e. The van der Waals surface area contributed by atoms with Crippen molar-refractivity contribution in [3.05, 3.63) is 41.1 Å². The molecule has 3 rings (SSSR count). The Morgan fingerprint density at radius 1 is 1.21 bits per heavy atom. The van der Waals surface area contributed by atoms with Gasteiger partial charge in [-0.1, -0.05) is 11.6 Å². The molecule has 24 heavy (non-hydrogen) atoms. The van der Waals surface area contributed by atoms with Crippen molar-refractivity contribution < 1.29 is 9.59 Å². The minimum atomic E-state index is -0.330. The fourth-order valence-corrected chi connectivity index (χ4v) is 3.39. The maximum absolute atomic E-state index is 13.1. The Bertz CT molecular complexity index is 816. The minimum absolute atomic E-state index is 0.0677. The molecule has 0 bridgehead atoms. The van der Waals surface area contributed by atoms with Gasteiger partial charge in [0, 0.05) is 18.0 Å². The Kier molecular flexibility index (Phi) is 4.26. The van der Waals surface area contributed by atoms with E-state index in [2.05, 4.69) is 4.98 Å². The highest BCUT2D eigenvalue weighted by Gasteiger charge is 2.32. The van der Waals surface area contributed by atoms with Crippen LogP contribution in [-0.2, 0) is 4.79 Å². The molecule has 1 saturated heterocycles. The number of carbonyl (C=O) groups is 2. The van der Waals surface area contributed by atoms with E-state index in [0.717, 1.165) is 29.3 Å². The van der Waals surface area contributed by atoms with Gasteiger partial charge in [-0.15, -0.1) is 0 Å². The van der Waals surface area contributed by atoms with Gasteiger partial charge >= 0.3 is 0 Å². The summed E-state index contributed by atoms with van der Waals surface area (Å²) in [6.45, 7) is 6.28. The Labute approximate surface area is 141 Å². The molecule has 1 aliphatic heterocycles. The molecule has 0 saturated carbocycles. The Morgan fingerprint density at radius 3 is 2.67 bits per heavy atom. The van der Waals surface area contributed by atoms with E-state index in [-0.39, 0.29) is 23.8 Å². The van der Waals surface area contributed by atoms with Crippen LogP contribution in [0.4, 0.5) is 0 Å². The van der Waals surface area contributed by atoms with Crippen molar-refractivity contribution in [3.63, 3.8) is 0 Å². The number of primary amides is 1. The van der Waals surface area contributed by atoms with Crippen LogP contribution in [0.2, 0.25) is 0 Å². The second-order valence-electron chi connectivity index (χ2n) is 6.80. The van der Waals surface area contributed by atoms with Crippen molar-refractivity contribution >= 4 is 22.7 Å². The quantitative estimate of drug-likeness (QED) is 0.922. The zero-order valence-corrected chi connectivity index (χ0v) is 14.4. The topological polar surface area (TPSA) is 76.3 Å². The second kappa shape index (κ2) is 6.23. The van der Waals surface area contributed by atoms with Gasteiger partial charge in [-0.25, -0.2) is 0 Å². The lowest BCUT2D eigenvalue weighted by molar-refractivity contribution is -0.123. The molecule has 0 radical (unpaired) electrons. The zero-order valence-electron chi connectivity index (χ0n) is 14.4. The van der Waals surface area contributed by atoms with Gasteiger partial charge in [-0.3, -0.25) is 14.6 Å². The molecule has 5 nitrogen and oxygen atoms in total. The van der Waals surface area contributed by atoms with E-state index >= 15 is 0 Å². The minimum Gasteiger partial charge on any atom is -0.369 e. The van der Waals surface area contributed by atoms with E-state index in [9.17, 15) is 9.59 Å². The largest absolute Gasteiger partial charge is 0.369 e. The number of fused-ring (bicyclic) bond motifs is 1. The molecule has 1 aromatic carbocycles. The number of aryl methyl sites for hydroxylation is 2. The first-order valence-electron chi connectivity index (χ1n) is 8.35. The van der Waals surface area contributed by atoms with E-state index in [0.29, 0.717) is 17.8 Å². The van der Waals surface area contributed by atoms with Crippen LogP contribution in [0.15, 0.2) is 24.3 Å². The normalized spacial score (nSPS) is 21.0. The highest BCUT2D eigenvalue weighted by Crippen LogP contribution is 2.26. The predicted molar refractivity (Wildman–Crippen MR) is 93.6 cm³/mol. The van der Waals surface area contributed by atoms with Crippen molar-refractivity contribution in [2.45, 2.75) is 39.7 Å². The molecule has 2 heterocycles. The van der Waals surface area contributed by atoms with Gasteiger partial charge in [-0.05, 0) is 51.8 Å². The summed E-state index contributed by atoms with van der Waals surface area (Å²) in [5.41, 5.74) is 8.78. The Balaban J connectivity index is 1.97. The van der Waals surface area contributed by atoms with Crippen LogP contribution >= 0.6 is 0 Å². The third kappa shape index (κ3) is 2.98. The molecule has 2 atom stereocenters. The molecule has 1 fully saturated rings. The van der Waals surface area contributed by atoms with Crippen LogP contribution in [0.1, 0.15) is 41.4 Å². The lowest BCUT2D eigenvalue weighted by Gasteiger charge is -2.37. The molecule has 2 amide bonds. The van der Waals surface area contributed by atoms with Gasteiger partial charge in [-0.2, -0.15) is 0 Å². The molecule has 1 aliphatic rings. The monoisotopic (exact) mass is 325 g/mol. The SMILES string of the molecule is Cc1ccc2nc(C)c(C(=O)N3C[C@@H](C(N)=O)CC[C@@H]3C)cc2c1. The first kappa shape index (κ1) is 16.4. The maximum Gasteiger partial charge on any atom is 0.255 e. The van der Waals surface area contributed by atoms with Crippen molar-refractivity contribution in [2.75, 3.05) is 6.54 Å². The number of carbonyl (C=O) groups excluding carboxylic acids is 2. The van der Waals surface area contributed by atoms with Gasteiger partial charge in [0.2, 0.25) is 5.91 Å². The number of benzene rings is 1. The number of nitrogens with zero attached hydrogens (tertiary/aromatic N) is 2. The molecular weight excluding hydrogens is 302 g/mol. The van der Waals surface area contributed by atoms with Crippen molar-refractivity contribution in [1.82, 2.24) is 9.88 Å². The van der Waals surface area contributed by atoms with Gasteiger partial charge in [0.15, 0.2) is 0 Å². The van der Waals surface area contributed by atoms with Gasteiger partial charge in [0.25, 0.3) is 5.91 Å². The third-order valence-electron chi connectivity index (χ3n) is 4.94. The second-order valence-corrected chi connectivity index (χ2v) is 6.80. The summed E-state index contributed by atoms with van der Waals surface area (Å²) in [5, 5.41) is 0.958. The highest BCUT2D eigenvalue weighted by atomic mass is 16.2. The van der Waals surface area contributed by atoms with E-state index in [1.165, 1.54) is 0 Å². The first-order chi connectivity index (χ1) is 11.4. The summed E-state index contributed by atoms with van der Waals surface area (Å²) in [4.78, 5) is 30.9. The van der Waals surface area contributed by atoms with Crippen LogP contribution in [0.25, 0.3) is 10.9 Å². The number of rotatable bonds is 2. The number of hydrogen-bond donors (Lipinski definition) is 1. The third-order valence-corrected chi connectivity index (χ3v) is 4.94. The molecule has 0 spiro atoms. The summed E-state index contributed by atoms with van der Waals surface area (Å²) >= 11 is 0. The molecule has 5 heteroatoms. The molecule has 126 valence electrons. The molecule has 2 N–H and O–H groups in total. The molecule has 0 unspecified atom stereocenters. The number of pyridine rings is 1. The van der Waals surface area contributed by atoms with Crippen molar-refractivity contribution in [1.29, 1.82) is 0 Å². The van der Waals surface area contributed by atoms with Crippen LogP contribution in [-0.4, -0.2) is 34.3 Å². The summed E-state index contributed by atoms with van der Waals surface area (Å²) in [6.07, 6.45) is 1.53. The fraction of sp³-hybridized carbons (Fsp3) is 0.421. The van der Waals surface area contributed by atoms with Crippen molar-refractivity contribution in [3.8, 4) is 0 Å². The Hall–Kier alpha value is -2.43. The first-order valence-corrected chi connectivity index (χ1v) is 8.35. The molecular formula is C19H23N3O2. The summed E-state index contributed by atoms with van der Waals surface area (Å²) in [7, 11) is 0. The standard InChI is InChI=1S/C19H23N3O2/c1-11-4-7-17-15(8-11)9-16(13(3)21-17)19(24)22-10-14(18(20)23)6-5-12(22)2/h4,7-9,12,14H,5-6,10H2,1-3H3,(H2,20,23)/t12-,14-/m0/s1. The lowest BCUT2D eigenvalue weighted by atomic mass is 9.92. The van der Waals surface area contributed by atoms with Gasteiger partial charge in [0.05, 0.1) is 22.7 Å². The van der Waals surface area contributed by atoms with Gasteiger partial charge in [0.1, 0.15) is 0 Å². The summed E-state index contributed by atoms with van der Waals surface area (Å²) in [5.74, 6) is -0.661. The predicted octanol–water partition coefficient (Wildman–Crippen LogP) is 2.58. The fourth-order valence-electron chi connectivity index (χ4n) is 3.39. The van der Waals surface area contributed by atoms with E-state index in [4.69, 9.17) is 5.73 Å². The molecule has 1 aromatic heterocycles. The lowest BCUT2D eigenvalue weighted by Crippen LogP contribution is -2.48. The average Bonchev–Trinajstić information content (AvgIpc) is 2.54. The Morgan fingerprint density at radius 2 is 1.96 bits per heavy atom. The highest BCUT2D eigenvalue weighted by molar-refractivity contribution is 5.99. The maximum atomic E-state index is 13.1. The number of likely N-dealkylation sites (tertiary alicyclic amines) is 1. The average molecular weight is 325 g/mol. The number of nitrogens with two attached hydrogens (primary N) is 1. The number of aromatic nitrogens is 1. The van der Waals surface area contributed by atoms with Crippen LogP contribution in [0.3, 0.4) is 0 Å². The van der Waals surface area contributed by atoms with Crippen LogP contribution in [0, 0.1) is 19.8 Å². The van der Waals surface area contributed by atoms with Crippen LogP contribution < -0.4 is 5.73 Å². The van der Waals surface area contributed by atoms with Gasteiger partial charge < -0.3 is 10.6 Å². The van der Waals surface area contributed by atoms with Crippen LogP contribution in [0.5, 0.6) is 0 Å². The summed E-state index contributed by atoms with van der Waals surface area (Å²) < 4.78 is 0. The zero-order chi connectivity index (χ0) is 17.4. The molecule has 2 aromatic rings. The number of amides is 2. The molecule has 0 aliphatic carbocycles. The van der Waals surface area contributed by atoms with E-state index in [1.54, 1.807) is 4.90 Å². The number of hydrogen-bond acceptors (Lipinski definition) is 3. The van der Waals surface area contributed by atoms with E-state index in [1.807, 2.05) is 45.0 Å². The van der Waals surface area contributed by atoms with E-state index < -0.39 is 0 Å². The summed E-state index contributed by atoms with van der Waals surface area (Å²) in [6, 6.07) is 8.03.